The zero-order chi connectivity index (χ0) is 26.2. The second-order valence-corrected chi connectivity index (χ2v) is 9.59. The predicted octanol–water partition coefficient (Wildman–Crippen LogP) is 11.2. The Hall–Kier alpha value is -2.09. The van der Waals surface area contributed by atoms with Crippen molar-refractivity contribution in [2.24, 2.45) is 0 Å². The van der Waals surface area contributed by atoms with Gasteiger partial charge in [-0.25, -0.2) is 0 Å². The van der Waals surface area contributed by atoms with Crippen molar-refractivity contribution >= 4 is 5.97 Å². The van der Waals surface area contributed by atoms with Crippen LogP contribution in [0.3, 0.4) is 0 Å². The maximum Gasteiger partial charge on any atom is 0.303 e. The number of carboxylic acid groups (broad SMARTS) is 1. The van der Waals surface area contributed by atoms with Gasteiger partial charge in [0.25, 0.3) is 0 Å². The van der Waals surface area contributed by atoms with Gasteiger partial charge in [0, 0.05) is 6.42 Å². The molecule has 0 aliphatic heterocycles. The van der Waals surface area contributed by atoms with Gasteiger partial charge in [-0.15, -0.1) is 0 Å². The van der Waals surface area contributed by atoms with E-state index < -0.39 is 5.97 Å². The largest absolute Gasteiger partial charge is 0.481 e. The van der Waals surface area contributed by atoms with Crippen LogP contribution in [0.5, 0.6) is 0 Å². The molecule has 0 radical (unpaired) electrons. The van der Waals surface area contributed by atoms with Gasteiger partial charge in [-0.05, 0) is 57.8 Å². The molecule has 0 fully saturated rings. The van der Waals surface area contributed by atoms with Gasteiger partial charge in [0.15, 0.2) is 0 Å². The van der Waals surface area contributed by atoms with Crippen molar-refractivity contribution in [3.8, 4) is 0 Å². The molecule has 204 valence electrons. The number of aliphatic carboxylic acids is 1. The fourth-order valence-electron chi connectivity index (χ4n) is 3.95. The topological polar surface area (TPSA) is 37.3 Å². The van der Waals surface area contributed by atoms with E-state index in [4.69, 9.17) is 5.11 Å². The molecule has 0 aromatic rings. The van der Waals surface area contributed by atoms with Gasteiger partial charge in [-0.1, -0.05) is 144 Å². The van der Waals surface area contributed by atoms with E-state index in [1.807, 2.05) is 0 Å². The third-order valence-electron chi connectivity index (χ3n) is 6.11. The lowest BCUT2D eigenvalue weighted by atomic mass is 10.0. The Kier molecular flexibility index (Phi) is 29.1. The van der Waals surface area contributed by atoms with Crippen molar-refractivity contribution < 1.29 is 9.90 Å². The van der Waals surface area contributed by atoms with Gasteiger partial charge < -0.3 is 5.11 Å². The number of rotatable bonds is 26. The maximum atomic E-state index is 10.5. The number of hydrogen-bond acceptors (Lipinski definition) is 1. The summed E-state index contributed by atoms with van der Waals surface area (Å²) in [5.74, 6) is -0.660. The number of unbranched alkanes of at least 4 members (excludes halogenated alkanes) is 12. The first-order valence-corrected chi connectivity index (χ1v) is 14.9. The first-order chi connectivity index (χ1) is 17.8. The summed E-state index contributed by atoms with van der Waals surface area (Å²) in [7, 11) is 0. The van der Waals surface area contributed by atoms with Crippen molar-refractivity contribution in [3.05, 3.63) is 72.9 Å². The van der Waals surface area contributed by atoms with Gasteiger partial charge in [0.05, 0.1) is 0 Å². The molecule has 0 aliphatic rings. The highest BCUT2D eigenvalue weighted by Gasteiger charge is 1.97. The second-order valence-electron chi connectivity index (χ2n) is 9.59. The van der Waals surface area contributed by atoms with E-state index in [0.717, 1.165) is 51.4 Å². The SMILES string of the molecule is CCC=CCC=CCC=CCC=CCC=CC/C=C\CCCCCCCCCCCCCCC(=O)O. The summed E-state index contributed by atoms with van der Waals surface area (Å²) in [6.45, 7) is 2.16. The maximum absolute atomic E-state index is 10.5. The summed E-state index contributed by atoms with van der Waals surface area (Å²) in [6.07, 6.45) is 50.1. The molecule has 0 amide bonds. The van der Waals surface area contributed by atoms with Crippen molar-refractivity contribution in [3.63, 3.8) is 0 Å². The highest BCUT2D eigenvalue weighted by Crippen LogP contribution is 2.13. The minimum atomic E-state index is -0.660. The van der Waals surface area contributed by atoms with Crippen LogP contribution in [0.2, 0.25) is 0 Å². The summed E-state index contributed by atoms with van der Waals surface area (Å²) < 4.78 is 0. The zero-order valence-corrected chi connectivity index (χ0v) is 23.4. The molecule has 0 rings (SSSR count). The van der Waals surface area contributed by atoms with Gasteiger partial charge >= 0.3 is 5.97 Å². The van der Waals surface area contributed by atoms with Crippen LogP contribution in [0.25, 0.3) is 0 Å². The molecule has 0 aromatic carbocycles. The smallest absolute Gasteiger partial charge is 0.303 e. The molecular weight excluding hydrogens is 440 g/mol. The van der Waals surface area contributed by atoms with Crippen LogP contribution in [0, 0.1) is 0 Å². The van der Waals surface area contributed by atoms with Gasteiger partial charge in [0.1, 0.15) is 0 Å². The first kappa shape index (κ1) is 33.9. The van der Waals surface area contributed by atoms with Gasteiger partial charge in [0.2, 0.25) is 0 Å². The zero-order valence-electron chi connectivity index (χ0n) is 23.4. The molecule has 2 heteroatoms. The minimum absolute atomic E-state index is 0.333. The lowest BCUT2D eigenvalue weighted by Gasteiger charge is -2.02. The first-order valence-electron chi connectivity index (χ1n) is 14.9. The molecule has 1 N–H and O–H groups in total. The number of carbonyl (C=O) groups is 1. The summed E-state index contributed by atoms with van der Waals surface area (Å²) in [5.41, 5.74) is 0. The van der Waals surface area contributed by atoms with Crippen molar-refractivity contribution in [2.45, 2.75) is 135 Å². The molecule has 0 bridgehead atoms. The molecule has 0 unspecified atom stereocenters. The van der Waals surface area contributed by atoms with Crippen LogP contribution in [0.4, 0.5) is 0 Å². The normalized spacial score (nSPS) is 12.7. The third-order valence-corrected chi connectivity index (χ3v) is 6.11. The molecule has 0 aliphatic carbocycles. The Morgan fingerprint density at radius 3 is 1.11 bits per heavy atom. The standard InChI is InChI=1S/C34H56O2/c1-2-3-4-5-6-7-8-9-10-11-12-13-14-15-16-17-18-19-20-21-22-23-24-25-26-27-28-29-30-31-32-33-34(35)36/h3-4,6-7,9-10,12-13,15-16,18-19H,2,5,8,11,14,17,20-33H2,1H3,(H,35,36)/b4-3?,7-6?,10-9?,13-12?,16-15?,19-18-. The van der Waals surface area contributed by atoms with Gasteiger partial charge in [-0.2, -0.15) is 0 Å². The summed E-state index contributed by atoms with van der Waals surface area (Å²) in [4.78, 5) is 10.5. The number of allylic oxidation sites excluding steroid dienone is 12. The number of carboxylic acids is 1. The van der Waals surface area contributed by atoms with Crippen LogP contribution in [0.1, 0.15) is 135 Å². The van der Waals surface area contributed by atoms with E-state index in [2.05, 4.69) is 79.8 Å². The summed E-state index contributed by atoms with van der Waals surface area (Å²) >= 11 is 0. The quantitative estimate of drug-likeness (QED) is 0.0954. The lowest BCUT2D eigenvalue weighted by Crippen LogP contribution is -1.93. The van der Waals surface area contributed by atoms with Crippen molar-refractivity contribution in [1.29, 1.82) is 0 Å². The van der Waals surface area contributed by atoms with Crippen LogP contribution < -0.4 is 0 Å². The Balaban J connectivity index is 3.33. The Morgan fingerprint density at radius 1 is 0.444 bits per heavy atom. The Bertz CT molecular complexity index is 634. The highest BCUT2D eigenvalue weighted by molar-refractivity contribution is 5.66. The van der Waals surface area contributed by atoms with Gasteiger partial charge in [-0.3, -0.25) is 4.79 Å². The van der Waals surface area contributed by atoms with Crippen molar-refractivity contribution in [2.75, 3.05) is 0 Å². The molecule has 0 aromatic heterocycles. The van der Waals surface area contributed by atoms with E-state index in [9.17, 15) is 4.79 Å². The van der Waals surface area contributed by atoms with E-state index in [1.54, 1.807) is 0 Å². The Labute approximate surface area is 224 Å². The molecule has 0 heterocycles. The van der Waals surface area contributed by atoms with E-state index in [1.165, 1.54) is 70.6 Å². The average Bonchev–Trinajstić information content (AvgIpc) is 2.87. The van der Waals surface area contributed by atoms with Crippen LogP contribution >= 0.6 is 0 Å². The minimum Gasteiger partial charge on any atom is -0.481 e. The van der Waals surface area contributed by atoms with Crippen molar-refractivity contribution in [1.82, 2.24) is 0 Å². The molecule has 0 spiro atoms. The predicted molar refractivity (Wildman–Crippen MR) is 160 cm³/mol. The van der Waals surface area contributed by atoms with Crippen LogP contribution in [0.15, 0.2) is 72.9 Å². The summed E-state index contributed by atoms with van der Waals surface area (Å²) in [5, 5.41) is 8.61. The highest BCUT2D eigenvalue weighted by atomic mass is 16.4. The third kappa shape index (κ3) is 31.9. The van der Waals surface area contributed by atoms with E-state index >= 15 is 0 Å². The Morgan fingerprint density at radius 2 is 0.750 bits per heavy atom. The molecule has 2 nitrogen and oxygen atoms in total. The number of hydrogen-bond donors (Lipinski definition) is 1. The summed E-state index contributed by atoms with van der Waals surface area (Å²) in [6, 6.07) is 0. The lowest BCUT2D eigenvalue weighted by molar-refractivity contribution is -0.137. The second kappa shape index (κ2) is 30.9. The fourth-order valence-corrected chi connectivity index (χ4v) is 3.95. The molecule has 0 saturated heterocycles. The van der Waals surface area contributed by atoms with E-state index in [-0.39, 0.29) is 0 Å². The van der Waals surface area contributed by atoms with E-state index in [0.29, 0.717) is 6.42 Å². The fraction of sp³-hybridized carbons (Fsp3) is 0.618. The molecule has 0 atom stereocenters. The monoisotopic (exact) mass is 496 g/mol. The average molecular weight is 497 g/mol. The molecule has 0 saturated carbocycles. The molecular formula is C34H56O2. The van der Waals surface area contributed by atoms with Crippen LogP contribution in [-0.2, 0) is 4.79 Å². The molecule has 36 heavy (non-hydrogen) atoms. The van der Waals surface area contributed by atoms with Crippen LogP contribution in [-0.4, -0.2) is 11.1 Å².